The van der Waals surface area contributed by atoms with Crippen LogP contribution in [0.1, 0.15) is 13.3 Å². The molecule has 2 N–H and O–H groups in total. The van der Waals surface area contributed by atoms with Crippen LogP contribution < -0.4 is 10.5 Å². The van der Waals surface area contributed by atoms with Crippen molar-refractivity contribution in [3.63, 3.8) is 0 Å². The lowest BCUT2D eigenvalue weighted by Gasteiger charge is -2.04. The van der Waals surface area contributed by atoms with Crippen LogP contribution in [0, 0.1) is 0 Å². The summed E-state index contributed by atoms with van der Waals surface area (Å²) in [5.74, 6) is 1.85. The lowest BCUT2D eigenvalue weighted by atomic mass is 10.2. The molecule has 0 radical (unpaired) electrons. The molecule has 5 heteroatoms. The molecule has 2 aromatic rings. The number of hydrogen-bond acceptors (Lipinski definition) is 4. The third-order valence-electron chi connectivity index (χ3n) is 2.36. The van der Waals surface area contributed by atoms with Crippen molar-refractivity contribution < 1.29 is 4.74 Å². The summed E-state index contributed by atoms with van der Waals surface area (Å²) in [6.45, 7) is 2.78. The van der Waals surface area contributed by atoms with Crippen LogP contribution in [-0.4, -0.2) is 21.4 Å². The predicted molar refractivity (Wildman–Crippen MR) is 66.6 cm³/mol. The van der Waals surface area contributed by atoms with E-state index in [1.165, 1.54) is 0 Å². The van der Waals surface area contributed by atoms with Gasteiger partial charge in [0.25, 0.3) is 0 Å². The number of aromatic nitrogens is 3. The molecular weight excluding hydrogens is 216 g/mol. The Bertz CT molecular complexity index is 487. The summed E-state index contributed by atoms with van der Waals surface area (Å²) in [5.41, 5.74) is 6.56. The molecule has 1 aromatic carbocycles. The molecule has 17 heavy (non-hydrogen) atoms. The molecule has 0 fully saturated rings. The Morgan fingerprint density at radius 1 is 1.41 bits per heavy atom. The molecule has 1 heterocycles. The van der Waals surface area contributed by atoms with Gasteiger partial charge in [-0.2, -0.15) is 4.98 Å². The molecule has 0 aliphatic rings. The van der Waals surface area contributed by atoms with Crippen LogP contribution >= 0.6 is 0 Å². The number of nitrogen functional groups attached to an aromatic ring is 1. The Hall–Kier alpha value is -2.04. The molecule has 0 amide bonds. The maximum atomic E-state index is 5.65. The Kier molecular flexibility index (Phi) is 3.27. The Morgan fingerprint density at radius 3 is 2.88 bits per heavy atom. The van der Waals surface area contributed by atoms with Crippen LogP contribution in [0.2, 0.25) is 0 Å². The Balaban J connectivity index is 2.26. The van der Waals surface area contributed by atoms with Crippen LogP contribution in [0.3, 0.4) is 0 Å². The first-order valence-corrected chi connectivity index (χ1v) is 5.60. The molecule has 0 unspecified atom stereocenters. The van der Waals surface area contributed by atoms with E-state index in [1.807, 2.05) is 24.3 Å². The van der Waals surface area contributed by atoms with Crippen molar-refractivity contribution in [2.24, 2.45) is 7.05 Å². The van der Waals surface area contributed by atoms with Gasteiger partial charge in [-0.3, -0.25) is 0 Å². The van der Waals surface area contributed by atoms with Crippen molar-refractivity contribution >= 4 is 5.95 Å². The molecule has 1 aromatic heterocycles. The van der Waals surface area contributed by atoms with E-state index in [2.05, 4.69) is 17.0 Å². The number of nitrogens with zero attached hydrogens (tertiary/aromatic N) is 3. The van der Waals surface area contributed by atoms with Gasteiger partial charge in [-0.05, 0) is 18.6 Å². The van der Waals surface area contributed by atoms with Crippen molar-refractivity contribution in [2.45, 2.75) is 13.3 Å². The third kappa shape index (κ3) is 2.55. The lowest BCUT2D eigenvalue weighted by Crippen LogP contribution is -1.97. The monoisotopic (exact) mass is 232 g/mol. The molecule has 0 saturated heterocycles. The number of aryl methyl sites for hydroxylation is 1. The number of hydrogen-bond donors (Lipinski definition) is 1. The van der Waals surface area contributed by atoms with Crippen molar-refractivity contribution in [3.05, 3.63) is 24.3 Å². The van der Waals surface area contributed by atoms with Crippen LogP contribution in [0.4, 0.5) is 5.95 Å². The highest BCUT2D eigenvalue weighted by Gasteiger charge is 2.07. The first-order chi connectivity index (χ1) is 8.20. The average Bonchev–Trinajstić information content (AvgIpc) is 2.68. The van der Waals surface area contributed by atoms with Crippen LogP contribution in [0.25, 0.3) is 11.4 Å². The second-order valence-electron chi connectivity index (χ2n) is 3.79. The molecule has 5 nitrogen and oxygen atoms in total. The van der Waals surface area contributed by atoms with Crippen LogP contribution in [0.15, 0.2) is 24.3 Å². The van der Waals surface area contributed by atoms with Gasteiger partial charge in [-0.15, -0.1) is 5.10 Å². The molecule has 0 aliphatic carbocycles. The highest BCUT2D eigenvalue weighted by molar-refractivity contribution is 5.58. The average molecular weight is 232 g/mol. The summed E-state index contributed by atoms with van der Waals surface area (Å²) in [4.78, 5) is 4.18. The first-order valence-electron chi connectivity index (χ1n) is 5.60. The van der Waals surface area contributed by atoms with E-state index in [1.54, 1.807) is 11.7 Å². The SMILES string of the molecule is CCCOc1cccc(-c2nc(N)n(C)n2)c1. The molecule has 0 atom stereocenters. The normalized spacial score (nSPS) is 10.5. The van der Waals surface area contributed by atoms with E-state index in [9.17, 15) is 0 Å². The maximum Gasteiger partial charge on any atom is 0.218 e. The van der Waals surface area contributed by atoms with E-state index in [-0.39, 0.29) is 0 Å². The predicted octanol–water partition coefficient (Wildman–Crippen LogP) is 1.85. The molecular formula is C12H16N4O. The minimum absolute atomic E-state index is 0.403. The highest BCUT2D eigenvalue weighted by Crippen LogP contribution is 2.21. The topological polar surface area (TPSA) is 66.0 Å². The van der Waals surface area contributed by atoms with E-state index in [4.69, 9.17) is 10.5 Å². The minimum atomic E-state index is 0.403. The number of nitrogens with two attached hydrogens (primary N) is 1. The number of rotatable bonds is 4. The Labute approximate surface area is 100 Å². The van der Waals surface area contributed by atoms with Crippen molar-refractivity contribution in [1.82, 2.24) is 14.8 Å². The van der Waals surface area contributed by atoms with E-state index in [0.29, 0.717) is 18.4 Å². The molecule has 0 bridgehead atoms. The zero-order valence-corrected chi connectivity index (χ0v) is 10.1. The van der Waals surface area contributed by atoms with E-state index < -0.39 is 0 Å². The summed E-state index contributed by atoms with van der Waals surface area (Å²) < 4.78 is 7.11. The van der Waals surface area contributed by atoms with Crippen molar-refractivity contribution in [2.75, 3.05) is 12.3 Å². The van der Waals surface area contributed by atoms with Gasteiger partial charge in [-0.25, -0.2) is 4.68 Å². The largest absolute Gasteiger partial charge is 0.494 e. The summed E-state index contributed by atoms with van der Waals surface area (Å²) in [6.07, 6.45) is 0.985. The van der Waals surface area contributed by atoms with Gasteiger partial charge in [0, 0.05) is 12.6 Å². The van der Waals surface area contributed by atoms with Crippen LogP contribution in [0.5, 0.6) is 5.75 Å². The third-order valence-corrected chi connectivity index (χ3v) is 2.36. The summed E-state index contributed by atoms with van der Waals surface area (Å²) >= 11 is 0. The van der Waals surface area contributed by atoms with Gasteiger partial charge in [0.05, 0.1) is 6.61 Å². The summed E-state index contributed by atoms with van der Waals surface area (Å²) in [6, 6.07) is 7.70. The summed E-state index contributed by atoms with van der Waals surface area (Å²) in [5, 5.41) is 4.23. The lowest BCUT2D eigenvalue weighted by molar-refractivity contribution is 0.317. The van der Waals surface area contributed by atoms with Gasteiger partial charge >= 0.3 is 0 Å². The van der Waals surface area contributed by atoms with Crippen molar-refractivity contribution in [3.8, 4) is 17.1 Å². The highest BCUT2D eigenvalue weighted by atomic mass is 16.5. The zero-order chi connectivity index (χ0) is 12.3. The molecule has 2 rings (SSSR count). The second kappa shape index (κ2) is 4.86. The minimum Gasteiger partial charge on any atom is -0.494 e. The van der Waals surface area contributed by atoms with Gasteiger partial charge in [-0.1, -0.05) is 19.1 Å². The fraction of sp³-hybridized carbons (Fsp3) is 0.333. The van der Waals surface area contributed by atoms with Gasteiger partial charge in [0.1, 0.15) is 5.75 Å². The first kappa shape index (κ1) is 11.4. The standard InChI is InChI=1S/C12H16N4O/c1-3-7-17-10-6-4-5-9(8-10)11-14-12(13)16(2)15-11/h4-6,8H,3,7H2,1-2H3,(H2,13,14,15). The fourth-order valence-electron chi connectivity index (χ4n) is 1.46. The number of anilines is 1. The van der Waals surface area contributed by atoms with Gasteiger partial charge in [0.15, 0.2) is 5.82 Å². The zero-order valence-electron chi connectivity index (χ0n) is 10.1. The number of ether oxygens (including phenoxy) is 1. The quantitative estimate of drug-likeness (QED) is 0.873. The van der Waals surface area contributed by atoms with E-state index >= 15 is 0 Å². The molecule has 90 valence electrons. The summed E-state index contributed by atoms with van der Waals surface area (Å²) in [7, 11) is 1.77. The number of benzene rings is 1. The van der Waals surface area contributed by atoms with E-state index in [0.717, 1.165) is 17.7 Å². The molecule has 0 spiro atoms. The van der Waals surface area contributed by atoms with Gasteiger partial charge in [0.2, 0.25) is 5.95 Å². The second-order valence-corrected chi connectivity index (χ2v) is 3.79. The van der Waals surface area contributed by atoms with Crippen LogP contribution in [-0.2, 0) is 7.05 Å². The van der Waals surface area contributed by atoms with Crippen molar-refractivity contribution in [1.29, 1.82) is 0 Å². The molecule has 0 saturated carbocycles. The fourth-order valence-corrected chi connectivity index (χ4v) is 1.46. The van der Waals surface area contributed by atoms with Gasteiger partial charge < -0.3 is 10.5 Å². The maximum absolute atomic E-state index is 5.65. The Morgan fingerprint density at radius 2 is 2.24 bits per heavy atom. The smallest absolute Gasteiger partial charge is 0.218 e. The molecule has 0 aliphatic heterocycles.